The first kappa shape index (κ1) is 46.1. The van der Waals surface area contributed by atoms with Crippen molar-refractivity contribution in [2.24, 2.45) is 0 Å². The quantitative estimate of drug-likeness (QED) is 0.0947. The molecular weight excluding hydrogens is 911 g/mol. The van der Waals surface area contributed by atoms with Gasteiger partial charge in [0.25, 0.3) is 0 Å². The van der Waals surface area contributed by atoms with Crippen molar-refractivity contribution in [1.29, 1.82) is 0 Å². The van der Waals surface area contributed by atoms with Gasteiger partial charge in [0.05, 0.1) is 11.3 Å². The number of benzene rings is 11. The van der Waals surface area contributed by atoms with Crippen LogP contribution in [0.1, 0.15) is 90.1 Å². The van der Waals surface area contributed by atoms with Crippen LogP contribution in [-0.4, -0.2) is 11.6 Å². The Balaban J connectivity index is 1.07. The van der Waals surface area contributed by atoms with Crippen LogP contribution >= 0.6 is 0 Å². The van der Waals surface area contributed by atoms with Crippen LogP contribution in [0.15, 0.2) is 200 Å². The molecule has 0 spiro atoms. The molecule has 2 aliphatic rings. The van der Waals surface area contributed by atoms with Gasteiger partial charge in [-0.1, -0.05) is 175 Å². The van der Waals surface area contributed by atoms with Crippen molar-refractivity contribution in [3.05, 3.63) is 239 Å². The molecular formula is C72H57NO2. The lowest BCUT2D eigenvalue weighted by Gasteiger charge is -2.29. The summed E-state index contributed by atoms with van der Waals surface area (Å²) in [7, 11) is 0. The first-order chi connectivity index (χ1) is 36.1. The largest absolute Gasteiger partial charge is 0.310 e. The Morgan fingerprint density at radius 2 is 0.840 bits per heavy atom. The number of allylic oxidation sites excluding steroid dienone is 1. The normalized spacial score (nSPS) is 13.1. The Morgan fingerprint density at radius 3 is 1.36 bits per heavy atom. The molecule has 0 unspecified atom stereocenters. The van der Waals surface area contributed by atoms with Crippen LogP contribution in [0.2, 0.25) is 0 Å². The molecule has 11 aromatic carbocycles. The summed E-state index contributed by atoms with van der Waals surface area (Å²) in [6.45, 7) is 18.1. The van der Waals surface area contributed by atoms with Gasteiger partial charge in [-0.3, -0.25) is 9.59 Å². The lowest BCUT2D eigenvalue weighted by molar-refractivity contribution is 0.0990. The average molecular weight is 968 g/mol. The Bertz CT molecular complexity index is 4170. The smallest absolute Gasteiger partial charge is 0.197 e. The number of nitrogens with zero attached hydrogens (tertiary/aromatic N) is 1. The predicted molar refractivity (Wildman–Crippen MR) is 316 cm³/mol. The van der Waals surface area contributed by atoms with E-state index in [1.165, 1.54) is 82.9 Å². The van der Waals surface area contributed by atoms with Crippen LogP contribution in [0, 0.1) is 13.8 Å². The summed E-state index contributed by atoms with van der Waals surface area (Å²) >= 11 is 0. The van der Waals surface area contributed by atoms with E-state index in [9.17, 15) is 9.59 Å². The molecule has 0 aromatic heterocycles. The number of hydrogen-bond donors (Lipinski definition) is 0. The Hall–Kier alpha value is -8.66. The fourth-order valence-electron chi connectivity index (χ4n) is 12.1. The third-order valence-electron chi connectivity index (χ3n) is 16.1. The number of rotatable bonds is 6. The highest BCUT2D eigenvalue weighted by atomic mass is 16.2. The molecule has 11 aromatic rings. The van der Waals surface area contributed by atoms with Gasteiger partial charge in [0.15, 0.2) is 11.6 Å². The highest BCUT2D eigenvalue weighted by molar-refractivity contribution is 6.42. The van der Waals surface area contributed by atoms with Gasteiger partial charge < -0.3 is 4.90 Å². The van der Waals surface area contributed by atoms with E-state index in [0.717, 1.165) is 49.6 Å². The molecule has 0 atom stereocenters. The molecule has 0 radical (unpaired) electrons. The lowest BCUT2D eigenvalue weighted by atomic mass is 9.80. The van der Waals surface area contributed by atoms with Crippen LogP contribution in [-0.2, 0) is 10.8 Å². The maximum atomic E-state index is 14.0. The third kappa shape index (κ3) is 7.39. The minimum absolute atomic E-state index is 0.0180. The SMILES string of the molecule is Cc1ccccc1-c1c2c(c(-c3ccccc3C)c3cc4cc(C=C5C(=O)c6cc7ccccc7cc6C5=O)ccc4cc13)-c1cccc3c(N(c4ccc(C(C)(C)C)cc4)c4ccc(C(C)(C)C)cc4)ccc-2c13. The highest BCUT2D eigenvalue weighted by Gasteiger charge is 2.35. The molecule has 0 bridgehead atoms. The van der Waals surface area contributed by atoms with Crippen LogP contribution in [0.5, 0.6) is 0 Å². The monoisotopic (exact) mass is 967 g/mol. The summed E-state index contributed by atoms with van der Waals surface area (Å²) < 4.78 is 0. The van der Waals surface area contributed by atoms with Crippen molar-refractivity contribution in [3.8, 4) is 44.5 Å². The van der Waals surface area contributed by atoms with Gasteiger partial charge in [0.2, 0.25) is 0 Å². The zero-order valence-corrected chi connectivity index (χ0v) is 43.8. The van der Waals surface area contributed by atoms with Crippen molar-refractivity contribution >= 4 is 77.8 Å². The molecule has 0 saturated heterocycles. The number of Topliss-reactive ketones (excluding diaryl/α,β-unsaturated/α-hetero) is 2. The number of carbonyl (C=O) groups is 2. The molecule has 3 heteroatoms. The number of aryl methyl sites for hydroxylation is 2. The summed E-state index contributed by atoms with van der Waals surface area (Å²) in [6, 6.07) is 70.2. The zero-order chi connectivity index (χ0) is 51.7. The van der Waals surface area contributed by atoms with Crippen molar-refractivity contribution in [3.63, 3.8) is 0 Å². The zero-order valence-electron chi connectivity index (χ0n) is 43.8. The standard InChI is InChI=1S/C72H57NO2/c1-42-16-9-13-20-53(42)65-58-38-47-25-24-44(37-62-69(74)60-39-45-18-11-12-19-46(45)40-61(60)70(62)75)36-48(47)41-59(58)66(54-21-14-10-17-43(54)2)67-56-23-15-22-55-63(35-34-57(64(55)56)68(65)67)73(51-30-26-49(27-31-51)71(3,4)5)52-32-28-50(29-33-52)72(6,7)8/h9-41H,1-8H3. The summed E-state index contributed by atoms with van der Waals surface area (Å²) in [6.07, 6.45) is 1.79. The Kier molecular flexibility index (Phi) is 10.4. The molecule has 0 amide bonds. The Labute approximate surface area is 439 Å². The minimum atomic E-state index is -0.225. The van der Waals surface area contributed by atoms with Gasteiger partial charge in [-0.15, -0.1) is 0 Å². The molecule has 2 aliphatic carbocycles. The Morgan fingerprint density at radius 1 is 0.373 bits per heavy atom. The van der Waals surface area contributed by atoms with Crippen molar-refractivity contribution in [1.82, 2.24) is 0 Å². The van der Waals surface area contributed by atoms with E-state index in [4.69, 9.17) is 0 Å². The maximum absolute atomic E-state index is 14.0. The molecule has 0 N–H and O–H groups in total. The van der Waals surface area contributed by atoms with Gasteiger partial charge in [0, 0.05) is 27.9 Å². The summed E-state index contributed by atoms with van der Waals surface area (Å²) in [5.74, 6) is -0.451. The van der Waals surface area contributed by atoms with E-state index >= 15 is 0 Å². The van der Waals surface area contributed by atoms with E-state index < -0.39 is 0 Å². The summed E-state index contributed by atoms with van der Waals surface area (Å²) in [5.41, 5.74) is 20.0. The molecule has 0 heterocycles. The number of ketones is 2. The first-order valence-electron chi connectivity index (χ1n) is 26.2. The number of fused-ring (bicyclic) bond motifs is 7. The van der Waals surface area contributed by atoms with Gasteiger partial charge in [-0.25, -0.2) is 0 Å². The van der Waals surface area contributed by atoms with Crippen LogP contribution in [0.25, 0.3) is 93.7 Å². The summed E-state index contributed by atoms with van der Waals surface area (Å²) in [5, 5.41) is 8.76. The number of anilines is 3. The molecule has 75 heavy (non-hydrogen) atoms. The number of carbonyl (C=O) groups excluding carboxylic acids is 2. The van der Waals surface area contributed by atoms with Gasteiger partial charge in [0.1, 0.15) is 0 Å². The van der Waals surface area contributed by atoms with E-state index in [2.05, 4.69) is 212 Å². The molecule has 0 saturated carbocycles. The predicted octanol–water partition coefficient (Wildman–Crippen LogP) is 19.4. The summed E-state index contributed by atoms with van der Waals surface area (Å²) in [4.78, 5) is 30.5. The van der Waals surface area contributed by atoms with E-state index in [-0.39, 0.29) is 28.0 Å². The minimum Gasteiger partial charge on any atom is -0.310 e. The van der Waals surface area contributed by atoms with E-state index in [1.807, 2.05) is 42.5 Å². The molecule has 3 nitrogen and oxygen atoms in total. The fourth-order valence-corrected chi connectivity index (χ4v) is 12.1. The van der Waals surface area contributed by atoms with Crippen molar-refractivity contribution in [2.75, 3.05) is 4.90 Å². The van der Waals surface area contributed by atoms with Gasteiger partial charge >= 0.3 is 0 Å². The van der Waals surface area contributed by atoms with Gasteiger partial charge in [-0.2, -0.15) is 0 Å². The van der Waals surface area contributed by atoms with Crippen LogP contribution in [0.4, 0.5) is 17.1 Å². The molecule has 0 aliphatic heterocycles. The van der Waals surface area contributed by atoms with Crippen LogP contribution < -0.4 is 4.90 Å². The van der Waals surface area contributed by atoms with Gasteiger partial charge in [-0.05, 0) is 201 Å². The lowest BCUT2D eigenvalue weighted by Crippen LogP contribution is -2.14. The third-order valence-corrected chi connectivity index (χ3v) is 16.1. The molecule has 0 fully saturated rings. The number of hydrogen-bond acceptors (Lipinski definition) is 3. The fraction of sp³-hybridized carbons (Fsp3) is 0.139. The second-order valence-electron chi connectivity index (χ2n) is 22.9. The molecule has 362 valence electrons. The second-order valence-corrected chi connectivity index (χ2v) is 22.9. The van der Waals surface area contributed by atoms with Crippen molar-refractivity contribution in [2.45, 2.75) is 66.2 Å². The highest BCUT2D eigenvalue weighted by Crippen LogP contribution is 2.60. The van der Waals surface area contributed by atoms with E-state index in [1.54, 1.807) is 6.08 Å². The second kappa shape index (κ2) is 16.9. The topological polar surface area (TPSA) is 37.4 Å². The van der Waals surface area contributed by atoms with Crippen LogP contribution in [0.3, 0.4) is 0 Å². The maximum Gasteiger partial charge on any atom is 0.197 e. The first-order valence-corrected chi connectivity index (χ1v) is 26.2. The molecule has 13 rings (SSSR count). The van der Waals surface area contributed by atoms with E-state index in [0.29, 0.717) is 11.1 Å². The average Bonchev–Trinajstić information content (AvgIpc) is 3.85. The van der Waals surface area contributed by atoms with Crippen molar-refractivity contribution < 1.29 is 9.59 Å².